The van der Waals surface area contributed by atoms with Crippen LogP contribution in [0.3, 0.4) is 0 Å². The van der Waals surface area contributed by atoms with Gasteiger partial charge in [-0.25, -0.2) is 0 Å². The number of nitrogens with zero attached hydrogens (tertiary/aromatic N) is 1. The Morgan fingerprint density at radius 1 is 1.25 bits per heavy atom. The molecule has 112 valence electrons. The minimum absolute atomic E-state index is 0.133. The molecule has 0 fully saturated rings. The lowest BCUT2D eigenvalue weighted by molar-refractivity contribution is -0.274. The van der Waals surface area contributed by atoms with Gasteiger partial charge >= 0.3 is 12.3 Å². The first-order chi connectivity index (χ1) is 9.34. The lowest BCUT2D eigenvalue weighted by Gasteiger charge is -2.19. The fraction of sp³-hybridized carbons (Fsp3) is 0.462. The Bertz CT molecular complexity index is 431. The molecule has 1 rings (SSSR count). The van der Waals surface area contributed by atoms with Gasteiger partial charge < -0.3 is 9.47 Å². The fourth-order valence-electron chi connectivity index (χ4n) is 1.58. The number of hydrogen-bond donors (Lipinski definition) is 0. The molecule has 0 aliphatic carbocycles. The van der Waals surface area contributed by atoms with Crippen LogP contribution >= 0.6 is 0 Å². The molecule has 0 unspecified atom stereocenters. The Kier molecular flexibility index (Phi) is 5.82. The van der Waals surface area contributed by atoms with Crippen molar-refractivity contribution in [2.45, 2.75) is 19.8 Å². The van der Waals surface area contributed by atoms with E-state index in [9.17, 15) is 18.0 Å². The number of methoxy groups -OCH3 is 1. The van der Waals surface area contributed by atoms with Gasteiger partial charge in [-0.2, -0.15) is 0 Å². The van der Waals surface area contributed by atoms with Gasteiger partial charge in [-0.05, 0) is 24.2 Å². The van der Waals surface area contributed by atoms with Gasteiger partial charge in [0.2, 0.25) is 0 Å². The molecule has 0 atom stereocenters. The molecule has 0 radical (unpaired) electrons. The molecule has 0 saturated carbocycles. The number of carbonyl (C=O) groups excluding carboxylic acids is 1. The quantitative estimate of drug-likeness (QED) is 0.755. The van der Waals surface area contributed by atoms with Crippen molar-refractivity contribution in [3.8, 4) is 5.75 Å². The van der Waals surface area contributed by atoms with Crippen LogP contribution in [0.25, 0.3) is 0 Å². The summed E-state index contributed by atoms with van der Waals surface area (Å²) in [7, 11) is 1.31. The van der Waals surface area contributed by atoms with Gasteiger partial charge in [-0.15, -0.1) is 13.2 Å². The van der Waals surface area contributed by atoms with Crippen LogP contribution in [0.15, 0.2) is 24.3 Å². The highest BCUT2D eigenvalue weighted by Gasteiger charge is 2.30. The lowest BCUT2D eigenvalue weighted by Crippen LogP contribution is -2.29. The average Bonchev–Trinajstić information content (AvgIpc) is 2.38. The summed E-state index contributed by atoms with van der Waals surface area (Å²) >= 11 is 0. The summed E-state index contributed by atoms with van der Waals surface area (Å²) in [6.07, 6.45) is -4.69. The van der Waals surface area contributed by atoms with Gasteiger partial charge in [0.15, 0.2) is 0 Å². The summed E-state index contributed by atoms with van der Waals surface area (Å²) in [6, 6.07) is 5.55. The Morgan fingerprint density at radius 3 is 2.30 bits per heavy atom. The molecule has 0 spiro atoms. The number of esters is 1. The second-order valence-corrected chi connectivity index (χ2v) is 4.07. The number of hydrogen-bond acceptors (Lipinski definition) is 4. The Hall–Kier alpha value is -1.76. The van der Waals surface area contributed by atoms with Crippen LogP contribution in [0, 0.1) is 0 Å². The number of likely N-dealkylation sites (N-methyl/N-ethyl adjacent to an activating group) is 1. The summed E-state index contributed by atoms with van der Waals surface area (Å²) in [6.45, 7) is 3.08. The zero-order chi connectivity index (χ0) is 15.2. The largest absolute Gasteiger partial charge is 0.573 e. The Morgan fingerprint density at radius 2 is 1.85 bits per heavy atom. The van der Waals surface area contributed by atoms with Crippen LogP contribution in [0.2, 0.25) is 0 Å². The number of benzene rings is 1. The summed E-state index contributed by atoms with van der Waals surface area (Å²) in [5.41, 5.74) is 0.783. The monoisotopic (exact) mass is 291 g/mol. The van der Waals surface area contributed by atoms with Crippen LogP contribution in [-0.2, 0) is 16.1 Å². The highest BCUT2D eigenvalue weighted by Crippen LogP contribution is 2.23. The van der Waals surface area contributed by atoms with Crippen LogP contribution in [0.1, 0.15) is 12.5 Å². The minimum atomic E-state index is -4.69. The van der Waals surface area contributed by atoms with Gasteiger partial charge in [-0.3, -0.25) is 9.69 Å². The standard InChI is InChI=1S/C13H16F3NO3/c1-3-17(9-12(18)19-2)8-10-4-6-11(7-5-10)20-13(14,15)16/h4-7H,3,8-9H2,1-2H3. The van der Waals surface area contributed by atoms with E-state index in [2.05, 4.69) is 9.47 Å². The first-order valence-electron chi connectivity index (χ1n) is 5.98. The van der Waals surface area contributed by atoms with E-state index in [-0.39, 0.29) is 18.3 Å². The molecule has 20 heavy (non-hydrogen) atoms. The van der Waals surface area contributed by atoms with Gasteiger partial charge in [0.1, 0.15) is 5.75 Å². The van der Waals surface area contributed by atoms with E-state index >= 15 is 0 Å². The number of alkyl halides is 3. The van der Waals surface area contributed by atoms with Gasteiger partial charge in [0, 0.05) is 6.54 Å². The molecule has 7 heteroatoms. The molecule has 1 aromatic carbocycles. The maximum atomic E-state index is 12.0. The van der Waals surface area contributed by atoms with E-state index in [0.29, 0.717) is 13.1 Å². The number of ether oxygens (including phenoxy) is 2. The van der Waals surface area contributed by atoms with Crippen LogP contribution in [0.5, 0.6) is 5.75 Å². The molecule has 0 amide bonds. The maximum absolute atomic E-state index is 12.0. The van der Waals surface area contributed by atoms with E-state index in [4.69, 9.17) is 0 Å². The first kappa shape index (κ1) is 16.3. The summed E-state index contributed by atoms with van der Waals surface area (Å²) < 4.78 is 44.4. The molecule has 0 saturated heterocycles. The third kappa shape index (κ3) is 5.92. The summed E-state index contributed by atoms with van der Waals surface area (Å²) in [5.74, 6) is -0.624. The molecular weight excluding hydrogens is 275 g/mol. The SMILES string of the molecule is CCN(CC(=O)OC)Cc1ccc(OC(F)(F)F)cc1. The number of rotatable bonds is 6. The molecular formula is C13H16F3NO3. The molecule has 1 aromatic rings. The maximum Gasteiger partial charge on any atom is 0.573 e. The summed E-state index contributed by atoms with van der Waals surface area (Å²) in [5, 5.41) is 0. The average molecular weight is 291 g/mol. The van der Waals surface area contributed by atoms with Crippen molar-refractivity contribution in [2.75, 3.05) is 20.2 Å². The molecule has 0 aliphatic rings. The normalized spacial score (nSPS) is 11.5. The van der Waals surface area contributed by atoms with Gasteiger partial charge in [0.25, 0.3) is 0 Å². The molecule has 0 aromatic heterocycles. The van der Waals surface area contributed by atoms with Gasteiger partial charge in [0.05, 0.1) is 13.7 Å². The number of carbonyl (C=O) groups is 1. The Labute approximate surface area is 115 Å². The summed E-state index contributed by atoms with van der Waals surface area (Å²) in [4.78, 5) is 13.0. The predicted octanol–water partition coefficient (Wildman–Crippen LogP) is 2.58. The smallest absolute Gasteiger partial charge is 0.468 e. The van der Waals surface area contributed by atoms with E-state index < -0.39 is 6.36 Å². The van der Waals surface area contributed by atoms with Crippen LogP contribution in [0.4, 0.5) is 13.2 Å². The van der Waals surface area contributed by atoms with E-state index in [1.807, 2.05) is 11.8 Å². The highest BCUT2D eigenvalue weighted by molar-refractivity contribution is 5.71. The molecule has 0 N–H and O–H groups in total. The van der Waals surface area contributed by atoms with Gasteiger partial charge in [-0.1, -0.05) is 19.1 Å². The van der Waals surface area contributed by atoms with Crippen molar-refractivity contribution in [3.63, 3.8) is 0 Å². The van der Waals surface area contributed by atoms with Crippen molar-refractivity contribution < 1.29 is 27.4 Å². The van der Waals surface area contributed by atoms with Crippen molar-refractivity contribution in [3.05, 3.63) is 29.8 Å². The molecule has 0 aliphatic heterocycles. The third-order valence-electron chi connectivity index (χ3n) is 2.59. The van der Waals surface area contributed by atoms with E-state index in [1.54, 1.807) is 0 Å². The second kappa shape index (κ2) is 7.14. The number of halogens is 3. The zero-order valence-corrected chi connectivity index (χ0v) is 11.2. The van der Waals surface area contributed by atoms with Crippen molar-refractivity contribution >= 4 is 5.97 Å². The van der Waals surface area contributed by atoms with Crippen molar-refractivity contribution in [1.29, 1.82) is 0 Å². The molecule has 0 heterocycles. The molecule has 4 nitrogen and oxygen atoms in total. The third-order valence-corrected chi connectivity index (χ3v) is 2.59. The topological polar surface area (TPSA) is 38.8 Å². The van der Waals surface area contributed by atoms with Crippen LogP contribution < -0.4 is 4.74 Å². The predicted molar refractivity (Wildman–Crippen MR) is 66.1 cm³/mol. The lowest BCUT2D eigenvalue weighted by atomic mass is 10.2. The van der Waals surface area contributed by atoms with Crippen molar-refractivity contribution in [1.82, 2.24) is 4.90 Å². The van der Waals surface area contributed by atoms with Crippen molar-refractivity contribution in [2.24, 2.45) is 0 Å². The fourth-order valence-corrected chi connectivity index (χ4v) is 1.58. The first-order valence-corrected chi connectivity index (χ1v) is 5.98. The zero-order valence-electron chi connectivity index (χ0n) is 11.2. The highest BCUT2D eigenvalue weighted by atomic mass is 19.4. The Balaban J connectivity index is 2.61. The second-order valence-electron chi connectivity index (χ2n) is 4.07. The minimum Gasteiger partial charge on any atom is -0.468 e. The van der Waals surface area contributed by atoms with E-state index in [1.165, 1.54) is 31.4 Å². The van der Waals surface area contributed by atoms with E-state index in [0.717, 1.165) is 5.56 Å². The molecule has 0 bridgehead atoms. The van der Waals surface area contributed by atoms with Crippen LogP contribution in [-0.4, -0.2) is 37.4 Å².